The first-order valence-electron chi connectivity index (χ1n) is 5.71. The van der Waals surface area contributed by atoms with Gasteiger partial charge in [0.25, 0.3) is 0 Å². The van der Waals surface area contributed by atoms with E-state index in [-0.39, 0.29) is 25.6 Å². The quantitative estimate of drug-likeness (QED) is 0.907. The molecule has 20 heavy (non-hydrogen) atoms. The van der Waals surface area contributed by atoms with Gasteiger partial charge in [0, 0.05) is 12.1 Å². The number of aromatic nitrogens is 4. The Morgan fingerprint density at radius 3 is 2.60 bits per heavy atom. The molecule has 0 radical (unpaired) electrons. The molecule has 0 atom stereocenters. The van der Waals surface area contributed by atoms with E-state index in [9.17, 15) is 4.39 Å². The van der Waals surface area contributed by atoms with Crippen molar-refractivity contribution in [1.82, 2.24) is 20.2 Å². The Morgan fingerprint density at radius 1 is 1.40 bits per heavy atom. The zero-order chi connectivity index (χ0) is 13.7. The van der Waals surface area contributed by atoms with Crippen LogP contribution in [0.2, 0.25) is 0 Å². The van der Waals surface area contributed by atoms with Gasteiger partial charge < -0.3 is 10.5 Å². The summed E-state index contributed by atoms with van der Waals surface area (Å²) in [5, 5.41) is 11.8. The lowest BCUT2D eigenvalue weighted by atomic mass is 10.3. The van der Waals surface area contributed by atoms with Gasteiger partial charge in [0.1, 0.15) is 12.4 Å². The molecule has 8 heteroatoms. The van der Waals surface area contributed by atoms with Gasteiger partial charge in [0.15, 0.2) is 5.82 Å². The van der Waals surface area contributed by atoms with E-state index >= 15 is 0 Å². The van der Waals surface area contributed by atoms with E-state index in [1.807, 2.05) is 0 Å². The van der Waals surface area contributed by atoms with Gasteiger partial charge in [-0.25, -0.2) is 4.39 Å². The second kappa shape index (κ2) is 7.56. The van der Waals surface area contributed by atoms with Gasteiger partial charge in [-0.2, -0.15) is 0 Å². The number of hydrogen-bond donors (Lipinski definition) is 1. The lowest BCUT2D eigenvalue weighted by molar-refractivity contribution is 0.347. The molecule has 1 aromatic carbocycles. The fraction of sp³-hybridized carbons (Fsp3) is 0.250. The number of nitrogens with zero attached hydrogens (tertiary/aromatic N) is 4. The van der Waals surface area contributed by atoms with E-state index in [2.05, 4.69) is 15.4 Å². The SMILES string of the molecule is Cc1nnn(-c2ccc(OC/C(=C/F)CN)cc2)n1.Cl. The molecule has 2 N–H and O–H groups in total. The number of nitrogens with two attached hydrogens (primary N) is 1. The Labute approximate surface area is 121 Å². The number of aryl methyl sites for hydroxylation is 1. The lowest BCUT2D eigenvalue weighted by Gasteiger charge is -2.07. The van der Waals surface area contributed by atoms with Crippen LogP contribution >= 0.6 is 12.4 Å². The maximum absolute atomic E-state index is 12.3. The third kappa shape index (κ3) is 4.01. The molecule has 1 heterocycles. The number of halogens is 2. The van der Waals surface area contributed by atoms with Crippen LogP contribution in [0.1, 0.15) is 5.82 Å². The molecule has 2 aromatic rings. The standard InChI is InChI=1S/C12H14FN5O.ClH/c1-9-15-17-18(16-9)11-2-4-12(5-3-11)19-8-10(6-13)7-14;/h2-6H,7-8,14H2,1H3;1H/b10-6+;. The molecule has 0 aliphatic carbocycles. The fourth-order valence-electron chi connectivity index (χ4n) is 1.38. The highest BCUT2D eigenvalue weighted by molar-refractivity contribution is 5.85. The number of ether oxygens (including phenoxy) is 1. The normalized spacial score (nSPS) is 11.1. The number of hydrogen-bond acceptors (Lipinski definition) is 5. The van der Waals surface area contributed by atoms with Crippen molar-refractivity contribution in [3.8, 4) is 11.4 Å². The van der Waals surface area contributed by atoms with Crippen LogP contribution in [0, 0.1) is 6.92 Å². The van der Waals surface area contributed by atoms with Crippen LogP contribution in [0.15, 0.2) is 36.2 Å². The smallest absolute Gasteiger partial charge is 0.172 e. The van der Waals surface area contributed by atoms with E-state index in [1.165, 1.54) is 4.80 Å². The van der Waals surface area contributed by atoms with Crippen LogP contribution < -0.4 is 10.5 Å². The average Bonchev–Trinajstić information content (AvgIpc) is 2.87. The van der Waals surface area contributed by atoms with Crippen molar-refractivity contribution in [2.45, 2.75) is 6.92 Å². The molecule has 0 saturated heterocycles. The van der Waals surface area contributed by atoms with E-state index in [0.717, 1.165) is 5.69 Å². The number of tetrazole rings is 1. The third-order valence-electron chi connectivity index (χ3n) is 2.42. The molecular weight excluding hydrogens is 285 g/mol. The first kappa shape index (κ1) is 16.1. The van der Waals surface area contributed by atoms with Crippen molar-refractivity contribution in [1.29, 1.82) is 0 Å². The molecule has 0 spiro atoms. The van der Waals surface area contributed by atoms with Crippen LogP contribution in [0.5, 0.6) is 5.75 Å². The van der Waals surface area contributed by atoms with Crippen molar-refractivity contribution in [3.63, 3.8) is 0 Å². The molecule has 0 aliphatic heterocycles. The minimum Gasteiger partial charge on any atom is -0.489 e. The second-order valence-electron chi connectivity index (χ2n) is 3.88. The Bertz CT molecular complexity index is 569. The molecule has 0 bridgehead atoms. The first-order chi connectivity index (χ1) is 9.22. The molecule has 6 nitrogen and oxygen atoms in total. The van der Waals surface area contributed by atoms with Crippen molar-refractivity contribution < 1.29 is 9.13 Å². The van der Waals surface area contributed by atoms with Crippen LogP contribution in [0.25, 0.3) is 5.69 Å². The summed E-state index contributed by atoms with van der Waals surface area (Å²) in [6, 6.07) is 7.08. The summed E-state index contributed by atoms with van der Waals surface area (Å²) in [4.78, 5) is 1.42. The molecule has 0 aliphatic rings. The summed E-state index contributed by atoms with van der Waals surface area (Å²) < 4.78 is 17.7. The Morgan fingerprint density at radius 2 is 2.10 bits per heavy atom. The zero-order valence-electron chi connectivity index (χ0n) is 10.9. The van der Waals surface area contributed by atoms with E-state index < -0.39 is 0 Å². The summed E-state index contributed by atoms with van der Waals surface area (Å²) in [5.74, 6) is 1.22. The molecule has 0 fully saturated rings. The second-order valence-corrected chi connectivity index (χ2v) is 3.88. The maximum atomic E-state index is 12.3. The average molecular weight is 300 g/mol. The van der Waals surface area contributed by atoms with Gasteiger partial charge in [0.05, 0.1) is 12.0 Å². The number of rotatable bonds is 5. The van der Waals surface area contributed by atoms with Gasteiger partial charge in [-0.05, 0) is 36.4 Å². The van der Waals surface area contributed by atoms with Crippen molar-refractivity contribution >= 4 is 12.4 Å². The van der Waals surface area contributed by atoms with Crippen molar-refractivity contribution in [2.24, 2.45) is 5.73 Å². The van der Waals surface area contributed by atoms with Crippen molar-refractivity contribution in [2.75, 3.05) is 13.2 Å². The Balaban J connectivity index is 0.00000200. The molecule has 0 amide bonds. The molecular formula is C12H15ClFN5O. The fourth-order valence-corrected chi connectivity index (χ4v) is 1.38. The summed E-state index contributed by atoms with van der Waals surface area (Å²) in [5.41, 5.74) is 6.51. The maximum Gasteiger partial charge on any atom is 0.172 e. The summed E-state index contributed by atoms with van der Waals surface area (Å²) >= 11 is 0. The lowest BCUT2D eigenvalue weighted by Crippen LogP contribution is -2.10. The van der Waals surface area contributed by atoms with Crippen molar-refractivity contribution in [3.05, 3.63) is 42.0 Å². The summed E-state index contributed by atoms with van der Waals surface area (Å²) in [6.07, 6.45) is 0.469. The number of benzene rings is 1. The van der Waals surface area contributed by atoms with Crippen LogP contribution in [-0.2, 0) is 0 Å². The van der Waals surface area contributed by atoms with Gasteiger partial charge in [-0.3, -0.25) is 0 Å². The highest BCUT2D eigenvalue weighted by atomic mass is 35.5. The monoisotopic (exact) mass is 299 g/mol. The minimum absolute atomic E-state index is 0. The van der Waals surface area contributed by atoms with Gasteiger partial charge in [-0.1, -0.05) is 0 Å². The third-order valence-corrected chi connectivity index (χ3v) is 2.42. The van der Waals surface area contributed by atoms with Crippen LogP contribution in [0.3, 0.4) is 0 Å². The predicted octanol–water partition coefficient (Wildman–Crippen LogP) is 1.58. The van der Waals surface area contributed by atoms with Crippen LogP contribution in [-0.4, -0.2) is 33.4 Å². The molecule has 108 valence electrons. The molecule has 0 unspecified atom stereocenters. The van der Waals surface area contributed by atoms with E-state index in [4.69, 9.17) is 10.5 Å². The first-order valence-corrected chi connectivity index (χ1v) is 5.71. The minimum atomic E-state index is 0. The van der Waals surface area contributed by atoms with Gasteiger partial charge in [-0.15, -0.1) is 27.4 Å². The summed E-state index contributed by atoms with van der Waals surface area (Å²) in [7, 11) is 0. The van der Waals surface area contributed by atoms with Crippen LogP contribution in [0.4, 0.5) is 4.39 Å². The molecule has 0 saturated carbocycles. The largest absolute Gasteiger partial charge is 0.489 e. The van der Waals surface area contributed by atoms with Gasteiger partial charge >= 0.3 is 0 Å². The predicted molar refractivity (Wildman–Crippen MR) is 74.9 cm³/mol. The van der Waals surface area contributed by atoms with E-state index in [0.29, 0.717) is 23.5 Å². The highest BCUT2D eigenvalue weighted by Crippen LogP contribution is 2.14. The van der Waals surface area contributed by atoms with E-state index in [1.54, 1.807) is 31.2 Å². The summed E-state index contributed by atoms with van der Waals surface area (Å²) in [6.45, 7) is 2.03. The Kier molecular flexibility index (Phi) is 6.08. The van der Waals surface area contributed by atoms with Gasteiger partial charge in [0.2, 0.25) is 0 Å². The highest BCUT2D eigenvalue weighted by Gasteiger charge is 2.02. The molecule has 1 aromatic heterocycles. The molecule has 2 rings (SSSR count). The zero-order valence-corrected chi connectivity index (χ0v) is 11.7. The topological polar surface area (TPSA) is 78.8 Å². The Hall–Kier alpha value is -1.99.